The van der Waals surface area contributed by atoms with E-state index in [1.165, 1.54) is 0 Å². The number of pyridine rings is 1. The van der Waals surface area contributed by atoms with E-state index in [-0.39, 0.29) is 17.9 Å². The van der Waals surface area contributed by atoms with Crippen molar-refractivity contribution in [3.8, 4) is 0 Å². The Hall–Kier alpha value is -2.41. The van der Waals surface area contributed by atoms with E-state index in [1.807, 2.05) is 16.7 Å². The van der Waals surface area contributed by atoms with E-state index in [0.717, 1.165) is 38.0 Å². The molecule has 2 N–H and O–H groups in total. The van der Waals surface area contributed by atoms with Crippen LogP contribution < -0.4 is 10.6 Å². The summed E-state index contributed by atoms with van der Waals surface area (Å²) in [5, 5.41) is 6.63. The van der Waals surface area contributed by atoms with E-state index in [1.54, 1.807) is 18.5 Å². The first-order valence-corrected chi connectivity index (χ1v) is 9.93. The lowest BCUT2D eigenvalue weighted by Gasteiger charge is -2.54. The zero-order valence-electron chi connectivity index (χ0n) is 15.3. The third-order valence-electron chi connectivity index (χ3n) is 6.52. The molecule has 5 heterocycles. The van der Waals surface area contributed by atoms with Crippen molar-refractivity contribution in [3.63, 3.8) is 0 Å². The van der Waals surface area contributed by atoms with Crippen LogP contribution in [-0.4, -0.2) is 57.8 Å². The summed E-state index contributed by atoms with van der Waals surface area (Å²) in [5.74, 6) is 1.14. The number of carbonyl (C=O) groups is 2. The Balaban J connectivity index is 1.33. The van der Waals surface area contributed by atoms with E-state index in [0.29, 0.717) is 36.4 Å². The van der Waals surface area contributed by atoms with Gasteiger partial charge in [0.05, 0.1) is 11.6 Å². The van der Waals surface area contributed by atoms with Crippen molar-refractivity contribution in [3.05, 3.63) is 36.3 Å². The molecule has 3 saturated heterocycles. The lowest BCUT2D eigenvalue weighted by molar-refractivity contribution is -0.148. The van der Waals surface area contributed by atoms with Gasteiger partial charge in [-0.25, -0.2) is 4.98 Å². The number of nitrogens with one attached hydrogen (secondary N) is 2. The second kappa shape index (κ2) is 6.64. The second-order valence-electron chi connectivity index (χ2n) is 8.06. The number of carbonyl (C=O) groups excluding carboxylic acids is 2. The SMILES string of the molecule is O=C(NC[C@H]1[C@@H]2CNC[C@@H](C2)[C@@H]2CCCC(=O)N21)c1ccc2nccn2c1. The number of hydrogen-bond donors (Lipinski definition) is 2. The lowest BCUT2D eigenvalue weighted by Crippen LogP contribution is -2.66. The zero-order chi connectivity index (χ0) is 18.4. The summed E-state index contributed by atoms with van der Waals surface area (Å²) >= 11 is 0. The Bertz CT molecular complexity index is 878. The molecule has 0 spiro atoms. The molecule has 2 bridgehead atoms. The Kier molecular flexibility index (Phi) is 4.11. The molecule has 3 aliphatic rings. The fourth-order valence-electron chi connectivity index (χ4n) is 5.25. The molecule has 2 aromatic rings. The molecule has 0 aromatic carbocycles. The Morgan fingerprint density at radius 3 is 3.11 bits per heavy atom. The van der Waals surface area contributed by atoms with Gasteiger partial charge in [0.1, 0.15) is 5.65 Å². The summed E-state index contributed by atoms with van der Waals surface area (Å²) < 4.78 is 1.84. The van der Waals surface area contributed by atoms with Crippen molar-refractivity contribution in [2.45, 2.75) is 37.8 Å². The number of imidazole rings is 1. The van der Waals surface area contributed by atoms with Crippen molar-refractivity contribution < 1.29 is 9.59 Å². The molecule has 0 saturated carbocycles. The molecule has 7 heteroatoms. The first-order chi connectivity index (χ1) is 13.2. The highest BCUT2D eigenvalue weighted by molar-refractivity contribution is 5.94. The van der Waals surface area contributed by atoms with Gasteiger partial charge in [0, 0.05) is 44.1 Å². The van der Waals surface area contributed by atoms with Crippen molar-refractivity contribution >= 4 is 17.5 Å². The van der Waals surface area contributed by atoms with E-state index in [2.05, 4.69) is 20.5 Å². The molecule has 3 aliphatic heterocycles. The fourth-order valence-corrected chi connectivity index (χ4v) is 5.25. The Morgan fingerprint density at radius 2 is 2.19 bits per heavy atom. The molecule has 0 radical (unpaired) electrons. The quantitative estimate of drug-likeness (QED) is 0.850. The van der Waals surface area contributed by atoms with Crippen LogP contribution in [0.3, 0.4) is 0 Å². The van der Waals surface area contributed by atoms with Gasteiger partial charge >= 0.3 is 0 Å². The molecular weight excluding hydrogens is 342 g/mol. The number of rotatable bonds is 3. The van der Waals surface area contributed by atoms with Crippen LogP contribution >= 0.6 is 0 Å². The van der Waals surface area contributed by atoms with Gasteiger partial charge in [-0.2, -0.15) is 0 Å². The number of amides is 2. The number of aromatic nitrogens is 2. The van der Waals surface area contributed by atoms with Crippen molar-refractivity contribution in [1.82, 2.24) is 24.9 Å². The fraction of sp³-hybridized carbons (Fsp3) is 0.550. The van der Waals surface area contributed by atoms with Crippen LogP contribution in [0.2, 0.25) is 0 Å². The first-order valence-electron chi connectivity index (χ1n) is 9.93. The predicted octanol–water partition coefficient (Wildman–Crippen LogP) is 1.05. The van der Waals surface area contributed by atoms with Crippen LogP contribution in [-0.2, 0) is 4.79 Å². The summed E-state index contributed by atoms with van der Waals surface area (Å²) in [6, 6.07) is 4.06. The third kappa shape index (κ3) is 2.90. The zero-order valence-corrected chi connectivity index (χ0v) is 15.3. The summed E-state index contributed by atoms with van der Waals surface area (Å²) in [5.41, 5.74) is 1.43. The summed E-state index contributed by atoms with van der Waals surface area (Å²) in [4.78, 5) is 31.7. The Labute approximate surface area is 158 Å². The largest absolute Gasteiger partial charge is 0.350 e. The number of piperidine rings is 3. The minimum atomic E-state index is -0.0995. The van der Waals surface area contributed by atoms with Crippen LogP contribution in [0, 0.1) is 11.8 Å². The van der Waals surface area contributed by atoms with Gasteiger partial charge in [-0.15, -0.1) is 0 Å². The van der Waals surface area contributed by atoms with Gasteiger partial charge in [0.25, 0.3) is 5.91 Å². The summed E-state index contributed by atoms with van der Waals surface area (Å²) in [7, 11) is 0. The van der Waals surface area contributed by atoms with E-state index < -0.39 is 0 Å². The number of nitrogens with zero attached hydrogens (tertiary/aromatic N) is 3. The predicted molar refractivity (Wildman–Crippen MR) is 100 cm³/mol. The maximum atomic E-state index is 12.7. The van der Waals surface area contributed by atoms with Gasteiger partial charge in [0.15, 0.2) is 0 Å². The highest BCUT2D eigenvalue weighted by Gasteiger charge is 2.47. The summed E-state index contributed by atoms with van der Waals surface area (Å²) in [6.07, 6.45) is 9.23. The number of fused-ring (bicyclic) bond motifs is 5. The molecule has 0 aliphatic carbocycles. The van der Waals surface area contributed by atoms with Gasteiger partial charge < -0.3 is 19.9 Å². The minimum absolute atomic E-state index is 0.0905. The molecule has 27 heavy (non-hydrogen) atoms. The lowest BCUT2D eigenvalue weighted by atomic mass is 9.72. The summed E-state index contributed by atoms with van der Waals surface area (Å²) in [6.45, 7) is 2.45. The monoisotopic (exact) mass is 367 g/mol. The molecule has 0 unspecified atom stereocenters. The molecule has 7 nitrogen and oxygen atoms in total. The van der Waals surface area contributed by atoms with Crippen molar-refractivity contribution in [1.29, 1.82) is 0 Å². The van der Waals surface area contributed by atoms with E-state index in [4.69, 9.17) is 0 Å². The highest BCUT2D eigenvalue weighted by Crippen LogP contribution is 2.39. The Morgan fingerprint density at radius 1 is 1.30 bits per heavy atom. The van der Waals surface area contributed by atoms with Crippen LogP contribution in [0.25, 0.3) is 5.65 Å². The van der Waals surface area contributed by atoms with Gasteiger partial charge in [-0.05, 0) is 49.8 Å². The van der Waals surface area contributed by atoms with Crippen LogP contribution in [0.15, 0.2) is 30.7 Å². The average molecular weight is 367 g/mol. The van der Waals surface area contributed by atoms with Gasteiger partial charge in [-0.1, -0.05) is 0 Å². The molecule has 142 valence electrons. The van der Waals surface area contributed by atoms with Gasteiger partial charge in [0.2, 0.25) is 5.91 Å². The normalized spacial score (nSPS) is 30.2. The maximum Gasteiger partial charge on any atom is 0.252 e. The molecule has 2 amide bonds. The number of hydrogen-bond acceptors (Lipinski definition) is 4. The van der Waals surface area contributed by atoms with Crippen LogP contribution in [0.4, 0.5) is 0 Å². The van der Waals surface area contributed by atoms with Gasteiger partial charge in [-0.3, -0.25) is 9.59 Å². The topological polar surface area (TPSA) is 78.7 Å². The smallest absolute Gasteiger partial charge is 0.252 e. The minimum Gasteiger partial charge on any atom is -0.350 e. The molecule has 5 rings (SSSR count). The van der Waals surface area contributed by atoms with Crippen LogP contribution in [0.5, 0.6) is 0 Å². The van der Waals surface area contributed by atoms with Crippen molar-refractivity contribution in [2.24, 2.45) is 11.8 Å². The molecule has 3 fully saturated rings. The third-order valence-corrected chi connectivity index (χ3v) is 6.52. The molecular formula is C20H25N5O2. The van der Waals surface area contributed by atoms with E-state index in [9.17, 15) is 9.59 Å². The van der Waals surface area contributed by atoms with E-state index >= 15 is 0 Å². The average Bonchev–Trinajstić information content (AvgIpc) is 3.16. The van der Waals surface area contributed by atoms with Crippen molar-refractivity contribution in [2.75, 3.05) is 19.6 Å². The standard InChI is InChI=1S/C20H25N5O2/c26-19-3-1-2-16-14-8-15(10-21-9-14)17(25(16)19)11-23-20(27)13-4-5-18-22-6-7-24(18)12-13/h4-7,12,14-17,21H,1-3,8-11H2,(H,23,27)/t14-,15+,16+,17+/m1/s1. The second-order valence-corrected chi connectivity index (χ2v) is 8.06. The van der Waals surface area contributed by atoms with Crippen LogP contribution in [0.1, 0.15) is 36.0 Å². The maximum absolute atomic E-state index is 12.7. The highest BCUT2D eigenvalue weighted by atomic mass is 16.2. The molecule has 2 aromatic heterocycles. The first kappa shape index (κ1) is 16.7. The molecule has 4 atom stereocenters.